The molecule has 4 rings (SSSR count). The summed E-state index contributed by atoms with van der Waals surface area (Å²) in [6.07, 6.45) is -11.2. The molecule has 2 heterocycles. The zero-order chi connectivity index (χ0) is 27.6. The Morgan fingerprint density at radius 1 is 1.19 bits per heavy atom. The van der Waals surface area contributed by atoms with Gasteiger partial charge in [-0.2, -0.15) is 50.5 Å². The third kappa shape index (κ3) is 4.59. The van der Waals surface area contributed by atoms with E-state index in [0.717, 1.165) is 6.07 Å². The second-order valence-electron chi connectivity index (χ2n) is 8.03. The number of nitrogens with zero attached hydrogens (tertiary/aromatic N) is 5. The van der Waals surface area contributed by atoms with E-state index < -0.39 is 58.4 Å². The van der Waals surface area contributed by atoms with E-state index in [9.17, 15) is 39.9 Å². The van der Waals surface area contributed by atoms with E-state index in [1.165, 1.54) is 12.1 Å². The average molecular weight is 555 g/mol. The van der Waals surface area contributed by atoms with Gasteiger partial charge in [-0.3, -0.25) is 9.48 Å². The van der Waals surface area contributed by atoms with Gasteiger partial charge in [0.1, 0.15) is 16.8 Å². The quantitative estimate of drug-likeness (QED) is 0.432. The summed E-state index contributed by atoms with van der Waals surface area (Å²) in [5.41, 5.74) is -7.52. The van der Waals surface area contributed by atoms with Gasteiger partial charge in [0.05, 0.1) is 16.7 Å². The number of benzene rings is 1. The van der Waals surface area contributed by atoms with Crippen molar-refractivity contribution in [3.63, 3.8) is 0 Å². The summed E-state index contributed by atoms with van der Waals surface area (Å²) in [5, 5.41) is 17.6. The number of nitriles is 1. The van der Waals surface area contributed by atoms with E-state index in [1.807, 2.05) is 6.07 Å². The van der Waals surface area contributed by atoms with Gasteiger partial charge in [0.15, 0.2) is 5.69 Å². The molecule has 196 valence electrons. The molecule has 1 amide bonds. The summed E-state index contributed by atoms with van der Waals surface area (Å²) < 4.78 is 112. The lowest BCUT2D eigenvalue weighted by Crippen LogP contribution is -2.36. The normalized spacial score (nSPS) is 15.4. The van der Waals surface area contributed by atoms with E-state index in [2.05, 4.69) is 20.6 Å². The maximum absolute atomic E-state index is 13.9. The number of carbonyl (C=O) groups excluding carboxylic acids is 1. The van der Waals surface area contributed by atoms with E-state index in [1.54, 1.807) is 0 Å². The van der Waals surface area contributed by atoms with Crippen LogP contribution in [0, 0.1) is 11.3 Å². The minimum Gasteiger partial charge on any atom is -0.334 e. The Morgan fingerprint density at radius 2 is 1.84 bits per heavy atom. The fourth-order valence-corrected chi connectivity index (χ4v) is 3.55. The molecule has 0 atom stereocenters. The Morgan fingerprint density at radius 3 is 2.38 bits per heavy atom. The van der Waals surface area contributed by atoms with Crippen molar-refractivity contribution in [3.05, 3.63) is 40.0 Å². The molecule has 1 aliphatic rings. The lowest BCUT2D eigenvalue weighted by molar-refractivity contribution is -0.292. The number of carbonyl (C=O) groups is 1. The zero-order valence-corrected chi connectivity index (χ0v) is 18.9. The number of hydrogen-bond acceptors (Lipinski definition) is 6. The number of amides is 1. The molecule has 0 unspecified atom stereocenters. The summed E-state index contributed by atoms with van der Waals surface area (Å²) in [7, 11) is 0.699. The molecule has 1 fully saturated rings. The molecule has 0 saturated heterocycles. The highest BCUT2D eigenvalue weighted by Gasteiger charge is 2.64. The summed E-state index contributed by atoms with van der Waals surface area (Å²) in [6.45, 7) is 0. The van der Waals surface area contributed by atoms with E-state index in [0.29, 0.717) is 19.9 Å². The highest BCUT2D eigenvalue weighted by atomic mass is 35.5. The summed E-state index contributed by atoms with van der Waals surface area (Å²) >= 11 is 6.04. The molecule has 37 heavy (non-hydrogen) atoms. The topological polar surface area (TPSA) is 110 Å². The summed E-state index contributed by atoms with van der Waals surface area (Å²) in [6, 6.07) is 5.53. The fourth-order valence-electron chi connectivity index (χ4n) is 3.35. The zero-order valence-electron chi connectivity index (χ0n) is 18.1. The molecular formula is C20H11ClF8N6O2. The number of halogens is 9. The van der Waals surface area contributed by atoms with Crippen LogP contribution in [0.25, 0.3) is 23.0 Å². The maximum atomic E-state index is 13.9. The number of aryl methyl sites for hydroxylation is 1. The Hall–Kier alpha value is -3.74. The third-order valence-electron chi connectivity index (χ3n) is 5.40. The van der Waals surface area contributed by atoms with Gasteiger partial charge in [-0.15, -0.1) is 0 Å². The highest BCUT2D eigenvalue weighted by Crippen LogP contribution is 2.50. The van der Waals surface area contributed by atoms with E-state index in [-0.39, 0.29) is 20.8 Å². The lowest BCUT2D eigenvalue weighted by atomic mass is 10.1. The summed E-state index contributed by atoms with van der Waals surface area (Å²) in [4.78, 5) is 16.2. The van der Waals surface area contributed by atoms with Crippen LogP contribution < -0.4 is 5.32 Å². The number of alkyl halides is 8. The minimum atomic E-state index is -6.37. The molecule has 1 aromatic carbocycles. The SMILES string of the molecule is Cn1nc(C(F)(F)C(F)(F)F)c(C(F)(F)F)c1-c1noc(-c2ccc(Cl)c(C(=O)NC3(C#N)CC3)c2)n1. The molecule has 0 spiro atoms. The second-order valence-corrected chi connectivity index (χ2v) is 8.44. The Kier molecular flexibility index (Phi) is 5.98. The van der Waals surface area contributed by atoms with Crippen molar-refractivity contribution >= 4 is 17.5 Å². The second kappa shape index (κ2) is 8.40. The van der Waals surface area contributed by atoms with Crippen molar-refractivity contribution < 1.29 is 44.4 Å². The molecule has 17 heteroatoms. The predicted molar refractivity (Wildman–Crippen MR) is 107 cm³/mol. The lowest BCUT2D eigenvalue weighted by Gasteiger charge is -2.19. The predicted octanol–water partition coefficient (Wildman–Crippen LogP) is 5.25. The molecule has 0 bridgehead atoms. The number of hydrogen-bond donors (Lipinski definition) is 1. The first-order valence-electron chi connectivity index (χ1n) is 9.98. The van der Waals surface area contributed by atoms with Crippen LogP contribution >= 0.6 is 11.6 Å². The molecule has 8 nitrogen and oxygen atoms in total. The van der Waals surface area contributed by atoms with Gasteiger partial charge in [-0.1, -0.05) is 16.8 Å². The van der Waals surface area contributed by atoms with Crippen molar-refractivity contribution in [1.82, 2.24) is 25.2 Å². The van der Waals surface area contributed by atoms with Crippen LogP contribution in [0.3, 0.4) is 0 Å². The van der Waals surface area contributed by atoms with Gasteiger partial charge in [0, 0.05) is 12.6 Å². The van der Waals surface area contributed by atoms with Crippen LogP contribution in [-0.4, -0.2) is 37.5 Å². The van der Waals surface area contributed by atoms with E-state index >= 15 is 0 Å². The Labute approximate surface area is 205 Å². The van der Waals surface area contributed by atoms with E-state index in [4.69, 9.17) is 21.4 Å². The maximum Gasteiger partial charge on any atom is 0.459 e. The number of rotatable bonds is 5. The number of nitrogens with one attached hydrogen (secondary N) is 1. The van der Waals surface area contributed by atoms with Crippen LogP contribution in [0.2, 0.25) is 5.02 Å². The van der Waals surface area contributed by atoms with Crippen LogP contribution in [0.4, 0.5) is 35.1 Å². The van der Waals surface area contributed by atoms with Gasteiger partial charge < -0.3 is 9.84 Å². The molecule has 0 radical (unpaired) electrons. The first-order valence-corrected chi connectivity index (χ1v) is 10.4. The van der Waals surface area contributed by atoms with Crippen LogP contribution in [-0.2, 0) is 19.1 Å². The van der Waals surface area contributed by atoms with Crippen LogP contribution in [0.15, 0.2) is 22.7 Å². The van der Waals surface area contributed by atoms with Gasteiger partial charge in [-0.05, 0) is 31.0 Å². The van der Waals surface area contributed by atoms with Crippen LogP contribution in [0.5, 0.6) is 0 Å². The Bertz CT molecular complexity index is 1430. The number of aromatic nitrogens is 4. The van der Waals surface area contributed by atoms with Crippen molar-refractivity contribution in [2.45, 2.75) is 36.7 Å². The molecule has 0 aliphatic heterocycles. The van der Waals surface area contributed by atoms with Crippen molar-refractivity contribution in [1.29, 1.82) is 5.26 Å². The van der Waals surface area contributed by atoms with Crippen molar-refractivity contribution in [3.8, 4) is 29.0 Å². The largest absolute Gasteiger partial charge is 0.459 e. The molecular weight excluding hydrogens is 544 g/mol. The fraction of sp³-hybridized carbons (Fsp3) is 0.350. The van der Waals surface area contributed by atoms with Crippen molar-refractivity contribution in [2.24, 2.45) is 7.05 Å². The van der Waals surface area contributed by atoms with Gasteiger partial charge >= 0.3 is 18.3 Å². The monoisotopic (exact) mass is 554 g/mol. The van der Waals surface area contributed by atoms with Crippen molar-refractivity contribution in [2.75, 3.05) is 0 Å². The first-order chi connectivity index (χ1) is 17.0. The molecule has 2 aromatic heterocycles. The standard InChI is InChI=1S/C20H11ClF8N6O2/c1-35-12(11(19(24,25)26)13(33-35)18(22,23)20(27,28)29)14-31-16(37-34-14)8-2-3-10(21)9(6-8)15(36)32-17(7-30)4-5-17/h2-3,6H,4-5H2,1H3,(H,32,36). The smallest absolute Gasteiger partial charge is 0.334 e. The third-order valence-corrected chi connectivity index (χ3v) is 5.73. The van der Waals surface area contributed by atoms with Crippen LogP contribution in [0.1, 0.15) is 34.5 Å². The molecule has 1 saturated carbocycles. The minimum absolute atomic E-state index is 0.0494. The van der Waals surface area contributed by atoms with Gasteiger partial charge in [0.25, 0.3) is 11.8 Å². The Balaban J connectivity index is 1.77. The summed E-state index contributed by atoms with van der Waals surface area (Å²) in [5.74, 6) is -8.19. The highest BCUT2D eigenvalue weighted by molar-refractivity contribution is 6.34. The first kappa shape index (κ1) is 26.3. The average Bonchev–Trinajstić information content (AvgIpc) is 3.21. The van der Waals surface area contributed by atoms with Gasteiger partial charge in [0.2, 0.25) is 5.82 Å². The van der Waals surface area contributed by atoms with Gasteiger partial charge in [-0.25, -0.2) is 0 Å². The molecule has 1 aliphatic carbocycles. The molecule has 3 aromatic rings. The molecule has 1 N–H and O–H groups in total.